The van der Waals surface area contributed by atoms with Gasteiger partial charge < -0.3 is 4.90 Å². The van der Waals surface area contributed by atoms with Crippen molar-refractivity contribution in [3.05, 3.63) is 305 Å². The fourth-order valence-corrected chi connectivity index (χ4v) is 13.3. The summed E-state index contributed by atoms with van der Waals surface area (Å²) in [6.07, 6.45) is 0. The minimum atomic E-state index is -0.521. The van der Waals surface area contributed by atoms with E-state index in [-0.39, 0.29) is 5.41 Å². The second kappa shape index (κ2) is 14.4. The Morgan fingerprint density at radius 3 is 1.29 bits per heavy atom. The van der Waals surface area contributed by atoms with Gasteiger partial charge in [0.25, 0.3) is 0 Å². The SMILES string of the molecule is c1ccc(-c2ccccc2N(c2ccc(-c3ccc4c(c3)C35c6ccccc6-c6cccc(c63)-c3cccc-4c35)cc2)c2ccc3c(c2)C(c2ccccc2)(c2ccccc2)c2ccccc2-3)cc1. The fraction of sp³-hybridized carbons (Fsp3) is 0.0294. The minimum absolute atomic E-state index is 0.320. The lowest BCUT2D eigenvalue weighted by atomic mass is 9.67. The first-order valence-corrected chi connectivity index (χ1v) is 24.2. The third-order valence-electron chi connectivity index (χ3n) is 15.9. The molecular formula is C68H43N. The monoisotopic (exact) mass is 873 g/mol. The highest BCUT2D eigenvalue weighted by molar-refractivity contribution is 6.06. The molecule has 0 radical (unpaired) electrons. The Labute approximate surface area is 402 Å². The van der Waals surface area contributed by atoms with Gasteiger partial charge in [0.15, 0.2) is 0 Å². The predicted octanol–water partition coefficient (Wildman–Crippen LogP) is 17.2. The zero-order chi connectivity index (χ0) is 45.3. The molecule has 0 saturated carbocycles. The van der Waals surface area contributed by atoms with E-state index >= 15 is 0 Å². The molecule has 0 saturated heterocycles. The van der Waals surface area contributed by atoms with Gasteiger partial charge in [-0.1, -0.05) is 224 Å². The molecule has 1 nitrogen and oxygen atoms in total. The van der Waals surface area contributed by atoms with Gasteiger partial charge in [-0.2, -0.15) is 0 Å². The summed E-state index contributed by atoms with van der Waals surface area (Å²) in [4.78, 5) is 2.47. The number of rotatable bonds is 7. The van der Waals surface area contributed by atoms with Gasteiger partial charge in [-0.25, -0.2) is 0 Å². The predicted molar refractivity (Wildman–Crippen MR) is 285 cm³/mol. The smallest absolute Gasteiger partial charge is 0.0737 e. The maximum atomic E-state index is 2.51. The lowest BCUT2D eigenvalue weighted by Gasteiger charge is -2.35. The van der Waals surface area contributed by atoms with E-state index in [0.717, 1.165) is 17.1 Å². The Kier molecular flexibility index (Phi) is 7.98. The molecule has 320 valence electrons. The zero-order valence-electron chi connectivity index (χ0n) is 37.8. The maximum absolute atomic E-state index is 2.51. The highest BCUT2D eigenvalue weighted by atomic mass is 15.1. The highest BCUT2D eigenvalue weighted by Gasteiger charge is 2.57. The van der Waals surface area contributed by atoms with Gasteiger partial charge in [0.2, 0.25) is 0 Å². The number of fused-ring (bicyclic) bond motifs is 8. The van der Waals surface area contributed by atoms with Crippen LogP contribution in [-0.2, 0) is 10.8 Å². The molecular weight excluding hydrogens is 831 g/mol. The molecule has 0 N–H and O–H groups in total. The number of hydrogen-bond acceptors (Lipinski definition) is 1. The molecule has 11 aromatic carbocycles. The van der Waals surface area contributed by atoms with Crippen molar-refractivity contribution in [2.75, 3.05) is 4.90 Å². The summed E-state index contributed by atoms with van der Waals surface area (Å²) in [6, 6.07) is 97.6. The van der Waals surface area contributed by atoms with Crippen molar-refractivity contribution in [2.45, 2.75) is 10.8 Å². The molecule has 69 heavy (non-hydrogen) atoms. The molecule has 0 fully saturated rings. The Morgan fingerprint density at radius 1 is 0.232 bits per heavy atom. The van der Waals surface area contributed by atoms with Crippen LogP contribution in [0.2, 0.25) is 0 Å². The molecule has 0 aliphatic heterocycles. The Balaban J connectivity index is 0.916. The topological polar surface area (TPSA) is 3.24 Å². The Hall–Kier alpha value is -8.78. The van der Waals surface area contributed by atoms with Crippen LogP contribution >= 0.6 is 0 Å². The molecule has 1 unspecified atom stereocenters. The van der Waals surface area contributed by atoms with Crippen molar-refractivity contribution in [2.24, 2.45) is 0 Å². The van der Waals surface area contributed by atoms with Crippen molar-refractivity contribution in [3.63, 3.8) is 0 Å². The first-order valence-electron chi connectivity index (χ1n) is 24.2. The van der Waals surface area contributed by atoms with Gasteiger partial charge in [0, 0.05) is 16.9 Å². The van der Waals surface area contributed by atoms with E-state index < -0.39 is 5.41 Å². The third kappa shape index (κ3) is 5.04. The Morgan fingerprint density at radius 2 is 0.652 bits per heavy atom. The first kappa shape index (κ1) is 38.3. The molecule has 15 rings (SSSR count). The molecule has 0 bridgehead atoms. The lowest BCUT2D eigenvalue weighted by molar-refractivity contribution is 0.768. The molecule has 1 heteroatoms. The van der Waals surface area contributed by atoms with Crippen LogP contribution in [0.1, 0.15) is 44.5 Å². The summed E-state index contributed by atoms with van der Waals surface area (Å²) in [7, 11) is 0. The summed E-state index contributed by atoms with van der Waals surface area (Å²) in [6.45, 7) is 0. The quantitative estimate of drug-likeness (QED) is 0.154. The molecule has 1 atom stereocenters. The van der Waals surface area contributed by atoms with Crippen LogP contribution < -0.4 is 4.90 Å². The van der Waals surface area contributed by atoms with Crippen molar-refractivity contribution >= 4 is 17.1 Å². The molecule has 0 amide bonds. The standard InChI is InChI=1S/C68H43N/c1-4-18-45(19-5-1)51-24-12-15-33-64(51)69(50-39-41-54-52-25-10-13-31-60(52)67(63(54)43-50,47-20-6-2-7-21-47)48-22-8-3-9-23-48)49-37-34-44(35-38-49)46-36-40-55-57-28-17-30-59-58-29-16-27-56-53-26-11-14-32-61(53)68(65(56)58,66(57)59)62(55)42-46/h1-43H. The van der Waals surface area contributed by atoms with Gasteiger partial charge in [-0.15, -0.1) is 0 Å². The average molecular weight is 874 g/mol. The van der Waals surface area contributed by atoms with Crippen LogP contribution in [0.25, 0.3) is 66.8 Å². The molecule has 0 heterocycles. The van der Waals surface area contributed by atoms with Crippen LogP contribution in [0, 0.1) is 0 Å². The van der Waals surface area contributed by atoms with Crippen LogP contribution in [0.4, 0.5) is 17.1 Å². The van der Waals surface area contributed by atoms with E-state index in [1.807, 2.05) is 0 Å². The molecule has 0 aromatic heterocycles. The average Bonchev–Trinajstić information content (AvgIpc) is 4.11. The molecule has 4 aliphatic carbocycles. The lowest BCUT2D eigenvalue weighted by Crippen LogP contribution is -2.28. The van der Waals surface area contributed by atoms with Crippen LogP contribution in [-0.4, -0.2) is 0 Å². The summed E-state index contributed by atoms with van der Waals surface area (Å²) in [5.74, 6) is 0. The summed E-state index contributed by atoms with van der Waals surface area (Å²) in [5.41, 5.74) is 28.8. The van der Waals surface area contributed by atoms with Crippen molar-refractivity contribution in [1.29, 1.82) is 0 Å². The first-order chi connectivity index (χ1) is 34.2. The minimum Gasteiger partial charge on any atom is -0.310 e. The van der Waals surface area contributed by atoms with E-state index in [1.54, 1.807) is 0 Å². The van der Waals surface area contributed by atoms with Gasteiger partial charge >= 0.3 is 0 Å². The van der Waals surface area contributed by atoms with Gasteiger partial charge in [0.1, 0.15) is 0 Å². The van der Waals surface area contributed by atoms with Crippen LogP contribution in [0.5, 0.6) is 0 Å². The highest BCUT2D eigenvalue weighted by Crippen LogP contribution is 2.70. The zero-order valence-corrected chi connectivity index (χ0v) is 37.8. The van der Waals surface area contributed by atoms with E-state index in [0.29, 0.717) is 0 Å². The van der Waals surface area contributed by atoms with Crippen molar-refractivity contribution in [1.82, 2.24) is 0 Å². The number of benzene rings is 11. The molecule has 4 aliphatic rings. The normalized spacial score (nSPS) is 15.4. The number of anilines is 3. The van der Waals surface area contributed by atoms with E-state index in [2.05, 4.69) is 266 Å². The summed E-state index contributed by atoms with van der Waals surface area (Å²) >= 11 is 0. The van der Waals surface area contributed by atoms with E-state index in [1.165, 1.54) is 111 Å². The van der Waals surface area contributed by atoms with Crippen LogP contribution in [0.3, 0.4) is 0 Å². The fourth-order valence-electron chi connectivity index (χ4n) is 13.3. The molecule has 1 spiro atoms. The van der Waals surface area contributed by atoms with Crippen molar-refractivity contribution in [3.8, 4) is 66.8 Å². The van der Waals surface area contributed by atoms with Crippen molar-refractivity contribution < 1.29 is 0 Å². The summed E-state index contributed by atoms with van der Waals surface area (Å²) < 4.78 is 0. The number of para-hydroxylation sites is 1. The second-order valence-corrected chi connectivity index (χ2v) is 19.0. The summed E-state index contributed by atoms with van der Waals surface area (Å²) in [5, 5.41) is 0. The maximum Gasteiger partial charge on any atom is 0.0737 e. The second-order valence-electron chi connectivity index (χ2n) is 19.0. The van der Waals surface area contributed by atoms with Gasteiger partial charge in [-0.05, 0) is 142 Å². The van der Waals surface area contributed by atoms with E-state index in [9.17, 15) is 0 Å². The van der Waals surface area contributed by atoms with E-state index in [4.69, 9.17) is 0 Å². The number of hydrogen-bond donors (Lipinski definition) is 0. The van der Waals surface area contributed by atoms with Gasteiger partial charge in [0.05, 0.1) is 16.5 Å². The van der Waals surface area contributed by atoms with Crippen LogP contribution in [0.15, 0.2) is 261 Å². The van der Waals surface area contributed by atoms with Gasteiger partial charge in [-0.3, -0.25) is 0 Å². The number of nitrogens with zero attached hydrogens (tertiary/aromatic N) is 1. The Bertz CT molecular complexity index is 3810. The largest absolute Gasteiger partial charge is 0.310 e. The molecule has 11 aromatic rings. The third-order valence-corrected chi connectivity index (χ3v) is 15.9.